The summed E-state index contributed by atoms with van der Waals surface area (Å²) >= 11 is 0. The predicted octanol–water partition coefficient (Wildman–Crippen LogP) is 1.72. The molecule has 1 aromatic carbocycles. The van der Waals surface area contributed by atoms with E-state index in [0.29, 0.717) is 17.9 Å². The number of nitrogens with zero attached hydrogens (tertiary/aromatic N) is 3. The number of rotatable bonds is 8. The highest BCUT2D eigenvalue weighted by molar-refractivity contribution is 5.88. The van der Waals surface area contributed by atoms with E-state index in [1.54, 1.807) is 18.6 Å². The van der Waals surface area contributed by atoms with Crippen LogP contribution in [0.25, 0.3) is 0 Å². The minimum Gasteiger partial charge on any atom is -0.497 e. The molecule has 0 aliphatic rings. The summed E-state index contributed by atoms with van der Waals surface area (Å²) in [5.41, 5.74) is 1.58. The number of nitrogens with one attached hydrogen (secondary N) is 2. The minimum absolute atomic E-state index is 0.0121. The molecule has 0 radical (unpaired) electrons. The van der Waals surface area contributed by atoms with E-state index in [4.69, 9.17) is 9.47 Å². The zero-order valence-corrected chi connectivity index (χ0v) is 16.6. The molecule has 0 saturated heterocycles. The van der Waals surface area contributed by atoms with Crippen LogP contribution in [0.2, 0.25) is 0 Å². The smallest absolute Gasteiger partial charge is 0.248 e. The van der Waals surface area contributed by atoms with E-state index in [-0.39, 0.29) is 29.6 Å². The number of hydrogen-bond acceptors (Lipinski definition) is 6. The fourth-order valence-electron chi connectivity index (χ4n) is 2.81. The minimum atomic E-state index is -0.306. The van der Waals surface area contributed by atoms with Gasteiger partial charge in [-0.15, -0.1) is 5.10 Å². The first-order chi connectivity index (χ1) is 14.0. The van der Waals surface area contributed by atoms with Gasteiger partial charge < -0.3 is 14.0 Å². The van der Waals surface area contributed by atoms with Gasteiger partial charge in [-0.3, -0.25) is 20.0 Å². The standard InChI is InChI=1S/C20H23N5O4/c1-13-10-16(26)17(29-3)11-25(13)12-19(27)22-20-21-18(23-24-20)9-6-14-4-7-15(28-2)8-5-14/h4-5,7-8,10-11H,6,9,12H2,1-3H3,(H2,21,22,23,24,27). The summed E-state index contributed by atoms with van der Waals surface area (Å²) in [6, 6.07) is 9.25. The molecule has 152 valence electrons. The van der Waals surface area contributed by atoms with Crippen LogP contribution in [0.3, 0.4) is 0 Å². The number of benzene rings is 1. The number of carbonyl (C=O) groups excluding carboxylic acids is 1. The second-order valence-corrected chi connectivity index (χ2v) is 6.48. The third-order valence-corrected chi connectivity index (χ3v) is 4.44. The lowest BCUT2D eigenvalue weighted by Crippen LogP contribution is -2.22. The Morgan fingerprint density at radius 1 is 1.17 bits per heavy atom. The highest BCUT2D eigenvalue weighted by Gasteiger charge is 2.11. The summed E-state index contributed by atoms with van der Waals surface area (Å²) in [5, 5.41) is 9.53. The van der Waals surface area contributed by atoms with Crippen molar-refractivity contribution >= 4 is 11.9 Å². The van der Waals surface area contributed by atoms with Crippen LogP contribution in [-0.4, -0.2) is 39.9 Å². The SMILES string of the molecule is COc1ccc(CCc2nc(NC(=O)Cn3cc(OC)c(=O)cc3C)n[nH]2)cc1. The molecule has 3 rings (SSSR count). The van der Waals surface area contributed by atoms with Gasteiger partial charge >= 0.3 is 0 Å². The molecule has 3 aromatic rings. The number of ether oxygens (including phenoxy) is 2. The number of aromatic amines is 1. The highest BCUT2D eigenvalue weighted by atomic mass is 16.5. The largest absolute Gasteiger partial charge is 0.497 e. The molecule has 9 heteroatoms. The monoisotopic (exact) mass is 397 g/mol. The van der Waals surface area contributed by atoms with Gasteiger partial charge in [-0.25, -0.2) is 0 Å². The first-order valence-corrected chi connectivity index (χ1v) is 9.07. The summed E-state index contributed by atoms with van der Waals surface area (Å²) < 4.78 is 11.8. The fraction of sp³-hybridized carbons (Fsp3) is 0.300. The second-order valence-electron chi connectivity index (χ2n) is 6.48. The molecule has 0 fully saturated rings. The van der Waals surface area contributed by atoms with Gasteiger partial charge in [0.1, 0.15) is 18.1 Å². The number of aryl methyl sites for hydroxylation is 3. The summed E-state index contributed by atoms with van der Waals surface area (Å²) in [5.74, 6) is 1.58. The van der Waals surface area contributed by atoms with Crippen molar-refractivity contribution in [2.24, 2.45) is 0 Å². The number of methoxy groups -OCH3 is 2. The number of pyridine rings is 1. The van der Waals surface area contributed by atoms with Gasteiger partial charge in [-0.1, -0.05) is 12.1 Å². The molecule has 0 unspecified atom stereocenters. The van der Waals surface area contributed by atoms with Crippen LogP contribution in [0.1, 0.15) is 17.1 Å². The van der Waals surface area contributed by atoms with Gasteiger partial charge in [0.05, 0.1) is 20.4 Å². The number of carbonyl (C=O) groups is 1. The van der Waals surface area contributed by atoms with Crippen LogP contribution in [0.15, 0.2) is 41.3 Å². The third-order valence-electron chi connectivity index (χ3n) is 4.44. The first-order valence-electron chi connectivity index (χ1n) is 9.07. The number of H-pyrrole nitrogens is 1. The normalized spacial score (nSPS) is 10.6. The van der Waals surface area contributed by atoms with Crippen molar-refractivity contribution in [3.63, 3.8) is 0 Å². The summed E-state index contributed by atoms with van der Waals surface area (Å²) in [4.78, 5) is 28.3. The maximum Gasteiger partial charge on any atom is 0.248 e. The lowest BCUT2D eigenvalue weighted by Gasteiger charge is -2.11. The number of anilines is 1. The van der Waals surface area contributed by atoms with Crippen LogP contribution < -0.4 is 20.2 Å². The average Bonchev–Trinajstić information content (AvgIpc) is 3.16. The molecular weight excluding hydrogens is 374 g/mol. The maximum atomic E-state index is 12.3. The van der Waals surface area contributed by atoms with E-state index >= 15 is 0 Å². The van der Waals surface area contributed by atoms with Gasteiger partial charge in [0.2, 0.25) is 17.3 Å². The van der Waals surface area contributed by atoms with Crippen molar-refractivity contribution in [1.82, 2.24) is 19.7 Å². The van der Waals surface area contributed by atoms with Crippen molar-refractivity contribution in [1.29, 1.82) is 0 Å². The lowest BCUT2D eigenvalue weighted by molar-refractivity contribution is -0.116. The zero-order chi connectivity index (χ0) is 20.8. The van der Waals surface area contributed by atoms with Crippen LogP contribution in [0, 0.1) is 6.92 Å². The molecule has 0 bridgehead atoms. The van der Waals surface area contributed by atoms with Gasteiger partial charge in [-0.2, -0.15) is 4.98 Å². The van der Waals surface area contributed by atoms with Gasteiger partial charge in [0.25, 0.3) is 0 Å². The fourth-order valence-corrected chi connectivity index (χ4v) is 2.81. The molecule has 2 heterocycles. The molecule has 2 aromatic heterocycles. The van der Waals surface area contributed by atoms with E-state index in [2.05, 4.69) is 20.5 Å². The van der Waals surface area contributed by atoms with Crippen LogP contribution in [0.5, 0.6) is 11.5 Å². The number of hydrogen-bond donors (Lipinski definition) is 2. The topological polar surface area (TPSA) is 111 Å². The van der Waals surface area contributed by atoms with Crippen molar-refractivity contribution in [2.75, 3.05) is 19.5 Å². The van der Waals surface area contributed by atoms with Crippen molar-refractivity contribution < 1.29 is 14.3 Å². The number of aromatic nitrogens is 4. The first kappa shape index (κ1) is 20.1. The second kappa shape index (κ2) is 9.05. The van der Waals surface area contributed by atoms with E-state index in [9.17, 15) is 9.59 Å². The zero-order valence-electron chi connectivity index (χ0n) is 16.6. The van der Waals surface area contributed by atoms with E-state index in [1.807, 2.05) is 24.3 Å². The van der Waals surface area contributed by atoms with Crippen LogP contribution in [0.4, 0.5) is 5.95 Å². The van der Waals surface area contributed by atoms with E-state index in [1.165, 1.54) is 19.4 Å². The average molecular weight is 397 g/mol. The maximum absolute atomic E-state index is 12.3. The molecule has 2 N–H and O–H groups in total. The van der Waals surface area contributed by atoms with Gasteiger partial charge in [0, 0.05) is 18.2 Å². The Hall–Kier alpha value is -3.62. The molecular formula is C20H23N5O4. The molecule has 0 aliphatic carbocycles. The molecule has 29 heavy (non-hydrogen) atoms. The molecule has 0 spiro atoms. The quantitative estimate of drug-likeness (QED) is 0.599. The van der Waals surface area contributed by atoms with Crippen molar-refractivity contribution in [2.45, 2.75) is 26.3 Å². The molecule has 1 amide bonds. The molecule has 0 atom stereocenters. The number of amides is 1. The Balaban J connectivity index is 1.56. The Morgan fingerprint density at radius 2 is 1.93 bits per heavy atom. The van der Waals surface area contributed by atoms with E-state index < -0.39 is 0 Å². The Morgan fingerprint density at radius 3 is 2.62 bits per heavy atom. The van der Waals surface area contributed by atoms with Crippen LogP contribution >= 0.6 is 0 Å². The van der Waals surface area contributed by atoms with Crippen molar-refractivity contribution in [3.8, 4) is 11.5 Å². The van der Waals surface area contributed by atoms with Gasteiger partial charge in [-0.05, 0) is 31.0 Å². The lowest BCUT2D eigenvalue weighted by atomic mass is 10.1. The summed E-state index contributed by atoms with van der Waals surface area (Å²) in [6.07, 6.45) is 2.95. The molecule has 0 aliphatic heterocycles. The molecule has 0 saturated carbocycles. The Kier molecular flexibility index (Phi) is 6.28. The molecule has 9 nitrogen and oxygen atoms in total. The van der Waals surface area contributed by atoms with E-state index in [0.717, 1.165) is 17.7 Å². The highest BCUT2D eigenvalue weighted by Crippen LogP contribution is 2.13. The Labute approximate surface area is 167 Å². The Bertz CT molecular complexity index is 1040. The summed E-state index contributed by atoms with van der Waals surface area (Å²) in [6.45, 7) is 1.76. The van der Waals surface area contributed by atoms with Gasteiger partial charge in [0.15, 0.2) is 5.75 Å². The third kappa shape index (κ3) is 5.22. The van der Waals surface area contributed by atoms with Crippen LogP contribution in [-0.2, 0) is 24.2 Å². The van der Waals surface area contributed by atoms with Crippen molar-refractivity contribution in [3.05, 3.63) is 63.8 Å². The predicted molar refractivity (Wildman–Crippen MR) is 107 cm³/mol. The summed E-state index contributed by atoms with van der Waals surface area (Å²) in [7, 11) is 3.05.